The molecule has 0 aromatic carbocycles. The van der Waals surface area contributed by atoms with E-state index < -0.39 is 0 Å². The Kier molecular flexibility index (Phi) is 3.83. The van der Waals surface area contributed by atoms with Gasteiger partial charge in [0.05, 0.1) is 0 Å². The van der Waals surface area contributed by atoms with Crippen LogP contribution in [-0.4, -0.2) is 17.5 Å². The summed E-state index contributed by atoms with van der Waals surface area (Å²) in [6.07, 6.45) is 6.43. The zero-order valence-corrected chi connectivity index (χ0v) is 9.51. The average molecular weight is 181 g/mol. The van der Waals surface area contributed by atoms with Crippen LogP contribution in [0, 0.1) is 5.92 Å². The van der Waals surface area contributed by atoms with Gasteiger partial charge in [0.2, 0.25) is 0 Å². The van der Waals surface area contributed by atoms with Gasteiger partial charge in [-0.3, -0.25) is 0 Å². The van der Waals surface area contributed by atoms with Crippen LogP contribution < -0.4 is 0 Å². The van der Waals surface area contributed by atoms with Crippen molar-refractivity contribution in [1.82, 2.24) is 4.90 Å². The zero-order valence-electron chi connectivity index (χ0n) is 9.51. The van der Waals surface area contributed by atoms with Gasteiger partial charge >= 0.3 is 0 Å². The van der Waals surface area contributed by atoms with Crippen molar-refractivity contribution in [3.05, 3.63) is 11.8 Å². The van der Waals surface area contributed by atoms with Crippen molar-refractivity contribution < 1.29 is 0 Å². The molecule has 0 unspecified atom stereocenters. The highest BCUT2D eigenvalue weighted by Gasteiger charge is 2.12. The van der Waals surface area contributed by atoms with Crippen LogP contribution in [0.2, 0.25) is 0 Å². The summed E-state index contributed by atoms with van der Waals surface area (Å²) in [4.78, 5) is 2.49. The Morgan fingerprint density at radius 2 is 1.85 bits per heavy atom. The minimum absolute atomic E-state index is 0.659. The number of allylic oxidation sites excluding steroid dienone is 1. The second kappa shape index (κ2) is 4.69. The summed E-state index contributed by atoms with van der Waals surface area (Å²) in [5.74, 6) is 0.722. The van der Waals surface area contributed by atoms with Crippen LogP contribution >= 0.6 is 0 Å². The molecule has 0 atom stereocenters. The first-order chi connectivity index (χ1) is 6.11. The summed E-state index contributed by atoms with van der Waals surface area (Å²) < 4.78 is 0. The summed E-state index contributed by atoms with van der Waals surface area (Å²) in [6, 6.07) is 0.659. The van der Waals surface area contributed by atoms with Gasteiger partial charge in [0, 0.05) is 12.6 Å². The Labute approximate surface area is 82.8 Å². The van der Waals surface area contributed by atoms with Crippen LogP contribution in [0.4, 0.5) is 0 Å². The standard InChI is InChI=1S/C12H23N/c1-10(2)12-7-5-6-8-13(9-12)11(3)4/h9-11H,5-8H2,1-4H3. The highest BCUT2D eigenvalue weighted by atomic mass is 15.1. The molecule has 0 aromatic heterocycles. The zero-order chi connectivity index (χ0) is 9.84. The molecule has 1 nitrogen and oxygen atoms in total. The summed E-state index contributed by atoms with van der Waals surface area (Å²) in [6.45, 7) is 10.4. The maximum atomic E-state index is 2.49. The average Bonchev–Trinajstić information content (AvgIpc) is 2.28. The van der Waals surface area contributed by atoms with E-state index in [1.807, 2.05) is 0 Å². The number of nitrogens with zero attached hydrogens (tertiary/aromatic N) is 1. The second-order valence-electron chi connectivity index (χ2n) is 4.65. The third-order valence-electron chi connectivity index (χ3n) is 2.87. The lowest BCUT2D eigenvalue weighted by Gasteiger charge is -2.24. The van der Waals surface area contributed by atoms with Gasteiger partial charge < -0.3 is 4.90 Å². The Morgan fingerprint density at radius 1 is 1.15 bits per heavy atom. The van der Waals surface area contributed by atoms with Crippen molar-refractivity contribution in [2.45, 2.75) is 53.0 Å². The SMILES string of the molecule is CC(C)C1=CN(C(C)C)CCCC1. The Balaban J connectivity index is 2.69. The largest absolute Gasteiger partial charge is 0.375 e. The van der Waals surface area contributed by atoms with E-state index in [0.717, 1.165) is 5.92 Å². The lowest BCUT2D eigenvalue weighted by Crippen LogP contribution is -2.26. The molecule has 0 amide bonds. The minimum atomic E-state index is 0.659. The highest BCUT2D eigenvalue weighted by molar-refractivity contribution is 5.06. The monoisotopic (exact) mass is 181 g/mol. The lowest BCUT2D eigenvalue weighted by molar-refractivity contribution is 0.309. The molecular formula is C12H23N. The normalized spacial score (nSPS) is 19.2. The van der Waals surface area contributed by atoms with E-state index in [1.165, 1.54) is 25.8 Å². The molecule has 1 aliphatic rings. The molecule has 1 heterocycles. The van der Waals surface area contributed by atoms with E-state index in [1.54, 1.807) is 5.57 Å². The van der Waals surface area contributed by atoms with Crippen LogP contribution in [0.3, 0.4) is 0 Å². The van der Waals surface area contributed by atoms with Gasteiger partial charge in [-0.05, 0) is 45.2 Å². The van der Waals surface area contributed by atoms with Gasteiger partial charge in [-0.1, -0.05) is 19.4 Å². The first-order valence-electron chi connectivity index (χ1n) is 5.57. The molecule has 0 spiro atoms. The summed E-state index contributed by atoms with van der Waals surface area (Å²) in [7, 11) is 0. The van der Waals surface area contributed by atoms with Crippen molar-refractivity contribution in [3.8, 4) is 0 Å². The van der Waals surface area contributed by atoms with E-state index in [2.05, 4.69) is 38.8 Å². The first kappa shape index (κ1) is 10.6. The number of rotatable bonds is 2. The predicted octanol–water partition coefficient (Wildman–Crippen LogP) is 3.42. The fourth-order valence-electron chi connectivity index (χ4n) is 1.81. The molecule has 13 heavy (non-hydrogen) atoms. The van der Waals surface area contributed by atoms with E-state index in [9.17, 15) is 0 Å². The fourth-order valence-corrected chi connectivity index (χ4v) is 1.81. The summed E-state index contributed by atoms with van der Waals surface area (Å²) >= 11 is 0. The molecule has 0 N–H and O–H groups in total. The smallest absolute Gasteiger partial charge is 0.0227 e. The third-order valence-corrected chi connectivity index (χ3v) is 2.87. The molecular weight excluding hydrogens is 158 g/mol. The van der Waals surface area contributed by atoms with Crippen LogP contribution in [0.15, 0.2) is 11.8 Å². The first-order valence-corrected chi connectivity index (χ1v) is 5.57. The van der Waals surface area contributed by atoms with E-state index in [-0.39, 0.29) is 0 Å². The Bertz CT molecular complexity index is 180. The van der Waals surface area contributed by atoms with Crippen LogP contribution in [-0.2, 0) is 0 Å². The fraction of sp³-hybridized carbons (Fsp3) is 0.833. The molecule has 0 aliphatic carbocycles. The van der Waals surface area contributed by atoms with Gasteiger partial charge in [-0.2, -0.15) is 0 Å². The van der Waals surface area contributed by atoms with Crippen molar-refractivity contribution >= 4 is 0 Å². The molecule has 1 rings (SSSR count). The van der Waals surface area contributed by atoms with Gasteiger partial charge in [-0.25, -0.2) is 0 Å². The Hall–Kier alpha value is -0.460. The van der Waals surface area contributed by atoms with Crippen molar-refractivity contribution in [2.75, 3.05) is 6.54 Å². The maximum Gasteiger partial charge on any atom is 0.0227 e. The van der Waals surface area contributed by atoms with Gasteiger partial charge in [0.1, 0.15) is 0 Å². The third kappa shape index (κ3) is 3.06. The van der Waals surface area contributed by atoms with Crippen LogP contribution in [0.5, 0.6) is 0 Å². The van der Waals surface area contributed by atoms with E-state index in [0.29, 0.717) is 6.04 Å². The van der Waals surface area contributed by atoms with Crippen LogP contribution in [0.1, 0.15) is 47.0 Å². The molecule has 0 fully saturated rings. The van der Waals surface area contributed by atoms with Crippen molar-refractivity contribution in [1.29, 1.82) is 0 Å². The molecule has 0 bridgehead atoms. The molecule has 0 radical (unpaired) electrons. The molecule has 0 aromatic rings. The summed E-state index contributed by atoms with van der Waals surface area (Å²) in [5, 5.41) is 0. The maximum absolute atomic E-state index is 2.49. The predicted molar refractivity (Wildman–Crippen MR) is 58.6 cm³/mol. The van der Waals surface area contributed by atoms with Gasteiger partial charge in [0.15, 0.2) is 0 Å². The van der Waals surface area contributed by atoms with E-state index >= 15 is 0 Å². The molecule has 1 aliphatic heterocycles. The Morgan fingerprint density at radius 3 is 2.38 bits per heavy atom. The summed E-state index contributed by atoms with van der Waals surface area (Å²) in [5.41, 5.74) is 1.63. The number of hydrogen-bond acceptors (Lipinski definition) is 1. The molecule has 1 heteroatoms. The van der Waals surface area contributed by atoms with Crippen LogP contribution in [0.25, 0.3) is 0 Å². The van der Waals surface area contributed by atoms with Crippen molar-refractivity contribution in [3.63, 3.8) is 0 Å². The minimum Gasteiger partial charge on any atom is -0.375 e. The van der Waals surface area contributed by atoms with Gasteiger partial charge in [0.25, 0.3) is 0 Å². The second-order valence-corrected chi connectivity index (χ2v) is 4.65. The topological polar surface area (TPSA) is 3.24 Å². The molecule has 0 saturated carbocycles. The lowest BCUT2D eigenvalue weighted by atomic mass is 9.99. The highest BCUT2D eigenvalue weighted by Crippen LogP contribution is 2.22. The van der Waals surface area contributed by atoms with E-state index in [4.69, 9.17) is 0 Å². The number of hydrogen-bond donors (Lipinski definition) is 0. The molecule has 0 saturated heterocycles. The van der Waals surface area contributed by atoms with Crippen molar-refractivity contribution in [2.24, 2.45) is 5.92 Å². The quantitative estimate of drug-likeness (QED) is 0.631. The molecule has 76 valence electrons. The van der Waals surface area contributed by atoms with Gasteiger partial charge in [-0.15, -0.1) is 0 Å².